The summed E-state index contributed by atoms with van der Waals surface area (Å²) in [7, 11) is 0. The summed E-state index contributed by atoms with van der Waals surface area (Å²) in [5, 5.41) is 0. The van der Waals surface area contributed by atoms with E-state index in [4.69, 9.17) is 4.74 Å². The lowest BCUT2D eigenvalue weighted by Crippen LogP contribution is -2.07. The molecule has 2 rings (SSSR count). The lowest BCUT2D eigenvalue weighted by Gasteiger charge is -2.04. The fourth-order valence-corrected chi connectivity index (χ4v) is 1.91. The maximum absolute atomic E-state index is 11.6. The maximum Gasteiger partial charge on any atom is 0.311 e. The monoisotopic (exact) mass is 254 g/mol. The van der Waals surface area contributed by atoms with E-state index in [2.05, 4.69) is 12.1 Å². The quantitative estimate of drug-likeness (QED) is 0.442. The van der Waals surface area contributed by atoms with Crippen molar-refractivity contribution in [3.05, 3.63) is 66.2 Å². The first kappa shape index (κ1) is 13.3. The molecule has 0 saturated carbocycles. The number of ether oxygens (including phenoxy) is 1. The third-order valence-electron chi connectivity index (χ3n) is 2.91. The highest BCUT2D eigenvalue weighted by Crippen LogP contribution is 2.11. The topological polar surface area (TPSA) is 26.3 Å². The maximum atomic E-state index is 11.6. The standard InChI is InChI=1S/C17H18O2/c18-17(19-16-12-5-2-6-13-16)14-8-7-11-15-9-3-1-4-10-15/h1-6,9-10,12-13H,7-8,11,14H2. The highest BCUT2D eigenvalue weighted by molar-refractivity contribution is 5.72. The van der Waals surface area contributed by atoms with Crippen LogP contribution in [0.25, 0.3) is 0 Å². The van der Waals surface area contributed by atoms with E-state index in [1.165, 1.54) is 5.56 Å². The van der Waals surface area contributed by atoms with Crippen molar-refractivity contribution in [1.82, 2.24) is 0 Å². The van der Waals surface area contributed by atoms with Crippen LogP contribution in [0.15, 0.2) is 60.7 Å². The molecule has 0 aliphatic carbocycles. The number of unbranched alkanes of at least 4 members (excludes halogenated alkanes) is 1. The molecule has 0 spiro atoms. The van der Waals surface area contributed by atoms with E-state index in [0.717, 1.165) is 19.3 Å². The highest BCUT2D eigenvalue weighted by Gasteiger charge is 2.04. The Hall–Kier alpha value is -2.09. The van der Waals surface area contributed by atoms with Crippen LogP contribution in [-0.2, 0) is 11.2 Å². The van der Waals surface area contributed by atoms with E-state index in [9.17, 15) is 4.79 Å². The van der Waals surface area contributed by atoms with Crippen LogP contribution in [0, 0.1) is 0 Å². The Morgan fingerprint density at radius 3 is 2.16 bits per heavy atom. The van der Waals surface area contributed by atoms with Gasteiger partial charge in [-0.25, -0.2) is 0 Å². The predicted octanol–water partition coefficient (Wildman–Crippen LogP) is 4.01. The number of rotatable bonds is 6. The van der Waals surface area contributed by atoms with Crippen LogP contribution in [0.2, 0.25) is 0 Å². The number of carbonyl (C=O) groups excluding carboxylic acids is 1. The zero-order valence-corrected chi connectivity index (χ0v) is 10.9. The average molecular weight is 254 g/mol. The van der Waals surface area contributed by atoms with E-state index >= 15 is 0 Å². The number of hydrogen-bond acceptors (Lipinski definition) is 2. The van der Waals surface area contributed by atoms with Crippen molar-refractivity contribution in [2.24, 2.45) is 0 Å². The van der Waals surface area contributed by atoms with E-state index in [1.807, 2.05) is 36.4 Å². The first-order valence-electron chi connectivity index (χ1n) is 6.64. The minimum atomic E-state index is -0.153. The average Bonchev–Trinajstić information content (AvgIpc) is 2.46. The van der Waals surface area contributed by atoms with E-state index in [1.54, 1.807) is 12.1 Å². The van der Waals surface area contributed by atoms with Crippen molar-refractivity contribution in [2.45, 2.75) is 25.7 Å². The lowest BCUT2D eigenvalue weighted by atomic mass is 10.1. The molecule has 0 amide bonds. The van der Waals surface area contributed by atoms with Gasteiger partial charge in [0.15, 0.2) is 0 Å². The van der Waals surface area contributed by atoms with Gasteiger partial charge in [0.25, 0.3) is 0 Å². The summed E-state index contributed by atoms with van der Waals surface area (Å²) in [5.74, 6) is 0.467. The Labute approximate surface area is 114 Å². The minimum absolute atomic E-state index is 0.153. The second kappa shape index (κ2) is 7.37. The Kier molecular flexibility index (Phi) is 5.17. The summed E-state index contributed by atoms with van der Waals surface area (Å²) in [4.78, 5) is 11.6. The van der Waals surface area contributed by atoms with Crippen LogP contribution in [-0.4, -0.2) is 5.97 Å². The Morgan fingerprint density at radius 2 is 1.47 bits per heavy atom. The Morgan fingerprint density at radius 1 is 0.842 bits per heavy atom. The van der Waals surface area contributed by atoms with Gasteiger partial charge in [-0.3, -0.25) is 4.79 Å². The van der Waals surface area contributed by atoms with Gasteiger partial charge in [0.05, 0.1) is 0 Å². The number of carbonyl (C=O) groups is 1. The van der Waals surface area contributed by atoms with Gasteiger partial charge in [-0.2, -0.15) is 0 Å². The smallest absolute Gasteiger partial charge is 0.311 e. The van der Waals surface area contributed by atoms with Crippen molar-refractivity contribution in [1.29, 1.82) is 0 Å². The van der Waals surface area contributed by atoms with Gasteiger partial charge in [0, 0.05) is 6.42 Å². The molecule has 0 saturated heterocycles. The molecular weight excluding hydrogens is 236 g/mol. The van der Waals surface area contributed by atoms with Gasteiger partial charge in [-0.15, -0.1) is 0 Å². The SMILES string of the molecule is O=C(CCCCc1ccccc1)Oc1ccccc1. The number of esters is 1. The van der Waals surface area contributed by atoms with E-state index < -0.39 is 0 Å². The third-order valence-corrected chi connectivity index (χ3v) is 2.91. The molecule has 0 aliphatic heterocycles. The first-order chi connectivity index (χ1) is 9.34. The van der Waals surface area contributed by atoms with E-state index in [0.29, 0.717) is 12.2 Å². The molecule has 2 aromatic rings. The Balaban J connectivity index is 1.65. The predicted molar refractivity (Wildman–Crippen MR) is 76.1 cm³/mol. The molecule has 2 heteroatoms. The summed E-state index contributed by atoms with van der Waals surface area (Å²) in [6.07, 6.45) is 3.36. The third kappa shape index (κ3) is 4.96. The largest absolute Gasteiger partial charge is 0.427 e. The summed E-state index contributed by atoms with van der Waals surface area (Å²) < 4.78 is 5.23. The van der Waals surface area contributed by atoms with Crippen molar-refractivity contribution >= 4 is 5.97 Å². The zero-order valence-electron chi connectivity index (χ0n) is 10.9. The van der Waals surface area contributed by atoms with Gasteiger partial charge in [-0.05, 0) is 37.0 Å². The van der Waals surface area contributed by atoms with Gasteiger partial charge >= 0.3 is 5.97 Å². The van der Waals surface area contributed by atoms with Crippen molar-refractivity contribution in [3.8, 4) is 5.75 Å². The van der Waals surface area contributed by atoms with Crippen LogP contribution in [0.1, 0.15) is 24.8 Å². The van der Waals surface area contributed by atoms with Crippen LogP contribution in [0.4, 0.5) is 0 Å². The molecule has 0 heterocycles. The summed E-state index contributed by atoms with van der Waals surface area (Å²) in [6.45, 7) is 0. The van der Waals surface area contributed by atoms with Gasteiger partial charge in [0.1, 0.15) is 5.75 Å². The van der Waals surface area contributed by atoms with Gasteiger partial charge < -0.3 is 4.74 Å². The van der Waals surface area contributed by atoms with Gasteiger partial charge in [-0.1, -0.05) is 48.5 Å². The lowest BCUT2D eigenvalue weighted by molar-refractivity contribution is -0.134. The summed E-state index contributed by atoms with van der Waals surface area (Å²) >= 11 is 0. The fourth-order valence-electron chi connectivity index (χ4n) is 1.91. The van der Waals surface area contributed by atoms with E-state index in [-0.39, 0.29) is 5.97 Å². The molecule has 0 fully saturated rings. The molecule has 0 radical (unpaired) electrons. The molecule has 0 unspecified atom stereocenters. The van der Waals surface area contributed by atoms with Crippen molar-refractivity contribution < 1.29 is 9.53 Å². The molecule has 2 nitrogen and oxygen atoms in total. The van der Waals surface area contributed by atoms with Gasteiger partial charge in [0.2, 0.25) is 0 Å². The Bertz CT molecular complexity index is 491. The molecule has 0 bridgehead atoms. The highest BCUT2D eigenvalue weighted by atomic mass is 16.5. The molecular formula is C17H18O2. The zero-order chi connectivity index (χ0) is 13.3. The molecule has 0 N–H and O–H groups in total. The number of benzene rings is 2. The van der Waals surface area contributed by atoms with Crippen molar-refractivity contribution in [2.75, 3.05) is 0 Å². The number of hydrogen-bond donors (Lipinski definition) is 0. The second-order valence-corrected chi connectivity index (χ2v) is 4.48. The summed E-state index contributed by atoms with van der Waals surface area (Å²) in [6, 6.07) is 19.5. The fraction of sp³-hybridized carbons (Fsp3) is 0.235. The number of para-hydroxylation sites is 1. The molecule has 0 atom stereocenters. The summed E-state index contributed by atoms with van der Waals surface area (Å²) in [5.41, 5.74) is 1.32. The molecule has 0 aliphatic rings. The number of aryl methyl sites for hydroxylation is 1. The molecule has 0 aromatic heterocycles. The molecule has 2 aromatic carbocycles. The van der Waals surface area contributed by atoms with Crippen LogP contribution in [0.3, 0.4) is 0 Å². The molecule has 19 heavy (non-hydrogen) atoms. The second-order valence-electron chi connectivity index (χ2n) is 4.48. The van der Waals surface area contributed by atoms with Crippen molar-refractivity contribution in [3.63, 3.8) is 0 Å². The minimum Gasteiger partial charge on any atom is -0.427 e. The molecule has 98 valence electrons. The van der Waals surface area contributed by atoms with Crippen LogP contribution >= 0.6 is 0 Å². The van der Waals surface area contributed by atoms with Crippen LogP contribution in [0.5, 0.6) is 5.75 Å². The first-order valence-corrected chi connectivity index (χ1v) is 6.64. The van der Waals surface area contributed by atoms with Crippen LogP contribution < -0.4 is 4.74 Å². The normalized spacial score (nSPS) is 10.1.